The average molecular weight is 287 g/mol. The molecule has 1 unspecified atom stereocenters. The monoisotopic (exact) mass is 287 g/mol. The van der Waals surface area contributed by atoms with Gasteiger partial charge in [0.25, 0.3) is 0 Å². The Kier molecular flexibility index (Phi) is 4.34. The molecule has 1 saturated carbocycles. The fourth-order valence-corrected chi connectivity index (χ4v) is 4.02. The van der Waals surface area contributed by atoms with Crippen molar-refractivity contribution in [1.82, 2.24) is 9.80 Å². The van der Waals surface area contributed by atoms with E-state index >= 15 is 0 Å². The van der Waals surface area contributed by atoms with Gasteiger partial charge in [0, 0.05) is 44.8 Å². The molecule has 0 aromatic heterocycles. The van der Waals surface area contributed by atoms with Crippen LogP contribution in [0.2, 0.25) is 0 Å². The van der Waals surface area contributed by atoms with Gasteiger partial charge in [0.1, 0.15) is 0 Å². The molecule has 0 radical (unpaired) electrons. The Morgan fingerprint density at radius 1 is 1.05 bits per heavy atom. The summed E-state index contributed by atoms with van der Waals surface area (Å²) in [5.41, 5.74) is 11.8. The number of hydrogen-bond acceptors (Lipinski definition) is 3. The normalized spacial score (nSPS) is 22.5. The van der Waals surface area contributed by atoms with Gasteiger partial charge in [-0.15, -0.1) is 0 Å². The minimum atomic E-state index is 0.381. The van der Waals surface area contributed by atoms with Crippen LogP contribution >= 0.6 is 0 Å². The highest BCUT2D eigenvalue weighted by Gasteiger charge is 2.33. The SMILES string of the molecule is Cc1cc(C)c(C(CN)N2CCN(C3CC3)CC2)c(C)c1. The third kappa shape index (κ3) is 3.15. The second kappa shape index (κ2) is 6.07. The molecule has 0 spiro atoms. The van der Waals surface area contributed by atoms with Crippen LogP contribution in [-0.4, -0.2) is 48.6 Å². The van der Waals surface area contributed by atoms with Gasteiger partial charge < -0.3 is 5.73 Å². The minimum Gasteiger partial charge on any atom is -0.329 e. The van der Waals surface area contributed by atoms with Crippen LogP contribution in [0.4, 0.5) is 0 Å². The highest BCUT2D eigenvalue weighted by Crippen LogP contribution is 2.31. The summed E-state index contributed by atoms with van der Waals surface area (Å²) in [4.78, 5) is 5.27. The smallest absolute Gasteiger partial charge is 0.0476 e. The van der Waals surface area contributed by atoms with Gasteiger partial charge in [-0.3, -0.25) is 9.80 Å². The lowest BCUT2D eigenvalue weighted by molar-refractivity contribution is 0.0933. The number of benzene rings is 1. The summed E-state index contributed by atoms with van der Waals surface area (Å²) in [6.45, 7) is 12.1. The van der Waals surface area contributed by atoms with E-state index in [-0.39, 0.29) is 0 Å². The summed E-state index contributed by atoms with van der Waals surface area (Å²) in [5.74, 6) is 0. The van der Waals surface area contributed by atoms with Crippen molar-refractivity contribution in [3.63, 3.8) is 0 Å². The van der Waals surface area contributed by atoms with Crippen LogP contribution in [0.1, 0.15) is 41.1 Å². The number of piperazine rings is 1. The molecule has 3 nitrogen and oxygen atoms in total. The zero-order valence-corrected chi connectivity index (χ0v) is 13.7. The molecule has 2 fully saturated rings. The maximum absolute atomic E-state index is 6.16. The summed E-state index contributed by atoms with van der Waals surface area (Å²) in [6, 6.07) is 5.87. The van der Waals surface area contributed by atoms with Crippen LogP contribution in [0.3, 0.4) is 0 Å². The highest BCUT2D eigenvalue weighted by atomic mass is 15.3. The molecule has 1 heterocycles. The number of hydrogen-bond donors (Lipinski definition) is 1. The van der Waals surface area contributed by atoms with Gasteiger partial charge in [-0.25, -0.2) is 0 Å². The maximum Gasteiger partial charge on any atom is 0.0476 e. The van der Waals surface area contributed by atoms with Gasteiger partial charge in [0.15, 0.2) is 0 Å². The molecule has 3 heteroatoms. The lowest BCUT2D eigenvalue weighted by atomic mass is 9.92. The molecule has 1 aliphatic heterocycles. The van der Waals surface area contributed by atoms with E-state index in [0.29, 0.717) is 12.6 Å². The summed E-state index contributed by atoms with van der Waals surface area (Å²) in [6.07, 6.45) is 2.83. The molecule has 1 atom stereocenters. The Morgan fingerprint density at radius 2 is 1.62 bits per heavy atom. The van der Waals surface area contributed by atoms with Gasteiger partial charge in [-0.05, 0) is 50.3 Å². The molecule has 0 amide bonds. The number of nitrogens with two attached hydrogens (primary N) is 1. The van der Waals surface area contributed by atoms with E-state index in [1.165, 1.54) is 48.2 Å². The second-order valence-electron chi connectivity index (χ2n) is 6.87. The van der Waals surface area contributed by atoms with E-state index in [1.54, 1.807) is 0 Å². The molecule has 1 aliphatic carbocycles. The predicted octanol–water partition coefficient (Wildman–Crippen LogP) is 2.39. The molecular weight excluding hydrogens is 258 g/mol. The summed E-state index contributed by atoms with van der Waals surface area (Å²) in [5, 5.41) is 0. The van der Waals surface area contributed by atoms with Gasteiger partial charge in [0.2, 0.25) is 0 Å². The average Bonchev–Trinajstić information content (AvgIpc) is 3.27. The van der Waals surface area contributed by atoms with Gasteiger partial charge in [-0.1, -0.05) is 17.7 Å². The molecule has 2 aliphatic rings. The lowest BCUT2D eigenvalue weighted by Crippen LogP contribution is -2.49. The van der Waals surface area contributed by atoms with Crippen molar-refractivity contribution in [1.29, 1.82) is 0 Å². The third-order valence-corrected chi connectivity index (χ3v) is 5.15. The Balaban J connectivity index is 1.76. The Bertz CT molecular complexity index is 476. The minimum absolute atomic E-state index is 0.381. The molecule has 1 aromatic rings. The second-order valence-corrected chi connectivity index (χ2v) is 6.87. The Labute approximate surface area is 129 Å². The van der Waals surface area contributed by atoms with Crippen LogP contribution in [-0.2, 0) is 0 Å². The van der Waals surface area contributed by atoms with E-state index in [4.69, 9.17) is 5.73 Å². The van der Waals surface area contributed by atoms with Gasteiger partial charge in [0.05, 0.1) is 0 Å². The Morgan fingerprint density at radius 3 is 2.10 bits per heavy atom. The quantitative estimate of drug-likeness (QED) is 0.923. The van der Waals surface area contributed by atoms with Crippen molar-refractivity contribution >= 4 is 0 Å². The van der Waals surface area contributed by atoms with E-state index in [1.807, 2.05) is 0 Å². The van der Waals surface area contributed by atoms with E-state index in [2.05, 4.69) is 42.7 Å². The highest BCUT2D eigenvalue weighted by molar-refractivity contribution is 5.40. The number of nitrogens with zero attached hydrogens (tertiary/aromatic N) is 2. The van der Waals surface area contributed by atoms with Crippen LogP contribution in [0, 0.1) is 20.8 Å². The van der Waals surface area contributed by atoms with E-state index in [0.717, 1.165) is 19.1 Å². The zero-order chi connectivity index (χ0) is 15.0. The molecule has 116 valence electrons. The van der Waals surface area contributed by atoms with Crippen molar-refractivity contribution in [2.45, 2.75) is 45.7 Å². The largest absolute Gasteiger partial charge is 0.329 e. The maximum atomic E-state index is 6.16. The van der Waals surface area contributed by atoms with Crippen LogP contribution in [0.25, 0.3) is 0 Å². The number of aryl methyl sites for hydroxylation is 3. The zero-order valence-electron chi connectivity index (χ0n) is 13.7. The lowest BCUT2D eigenvalue weighted by Gasteiger charge is -2.40. The third-order valence-electron chi connectivity index (χ3n) is 5.15. The molecule has 1 saturated heterocycles. The first-order valence-corrected chi connectivity index (χ1v) is 8.36. The number of rotatable bonds is 4. The molecule has 0 bridgehead atoms. The summed E-state index contributed by atoms with van der Waals surface area (Å²) < 4.78 is 0. The summed E-state index contributed by atoms with van der Waals surface area (Å²) in [7, 11) is 0. The first-order valence-electron chi connectivity index (χ1n) is 8.36. The first kappa shape index (κ1) is 15.0. The first-order chi connectivity index (χ1) is 10.1. The van der Waals surface area contributed by atoms with E-state index in [9.17, 15) is 0 Å². The Hall–Kier alpha value is -0.900. The molecule has 2 N–H and O–H groups in total. The van der Waals surface area contributed by atoms with Crippen molar-refractivity contribution < 1.29 is 0 Å². The van der Waals surface area contributed by atoms with Crippen molar-refractivity contribution in [2.24, 2.45) is 5.73 Å². The fraction of sp³-hybridized carbons (Fsp3) is 0.667. The van der Waals surface area contributed by atoms with Crippen molar-refractivity contribution in [3.8, 4) is 0 Å². The van der Waals surface area contributed by atoms with Gasteiger partial charge >= 0.3 is 0 Å². The molecular formula is C18H29N3. The molecule has 21 heavy (non-hydrogen) atoms. The predicted molar refractivity (Wildman–Crippen MR) is 88.6 cm³/mol. The van der Waals surface area contributed by atoms with E-state index < -0.39 is 0 Å². The molecule has 1 aromatic carbocycles. The standard InChI is InChI=1S/C18H29N3/c1-13-10-14(2)18(15(3)11-13)17(12-19)21-8-6-20(7-9-21)16-4-5-16/h10-11,16-17H,4-9,12,19H2,1-3H3. The summed E-state index contributed by atoms with van der Waals surface area (Å²) >= 11 is 0. The van der Waals surface area contributed by atoms with Crippen LogP contribution in [0.5, 0.6) is 0 Å². The molecule has 3 rings (SSSR count). The van der Waals surface area contributed by atoms with Crippen molar-refractivity contribution in [2.75, 3.05) is 32.7 Å². The topological polar surface area (TPSA) is 32.5 Å². The van der Waals surface area contributed by atoms with Gasteiger partial charge in [-0.2, -0.15) is 0 Å². The van der Waals surface area contributed by atoms with Crippen LogP contribution in [0.15, 0.2) is 12.1 Å². The fourth-order valence-electron chi connectivity index (χ4n) is 4.02. The van der Waals surface area contributed by atoms with Crippen LogP contribution < -0.4 is 5.73 Å². The van der Waals surface area contributed by atoms with Crippen molar-refractivity contribution in [3.05, 3.63) is 34.4 Å².